The summed E-state index contributed by atoms with van der Waals surface area (Å²) in [6.07, 6.45) is 0.0660. The molecule has 11 heavy (non-hydrogen) atoms. The van der Waals surface area contributed by atoms with Crippen molar-refractivity contribution in [2.24, 2.45) is 5.41 Å². The predicted octanol–water partition coefficient (Wildman–Crippen LogP) is 0.219. The molecule has 1 atom stereocenters. The van der Waals surface area contributed by atoms with Gasteiger partial charge in [0, 0.05) is 0 Å². The second-order valence-electron chi connectivity index (χ2n) is 3.83. The molecular formula is C7H15N3O. The topological polar surface area (TPSA) is 53.2 Å². The lowest BCUT2D eigenvalue weighted by Crippen LogP contribution is -2.63. The monoisotopic (exact) mass is 157 g/mol. The zero-order valence-electron chi connectivity index (χ0n) is 7.19. The number of amides is 2. The van der Waals surface area contributed by atoms with Gasteiger partial charge in [0.2, 0.25) is 0 Å². The highest BCUT2D eigenvalue weighted by Crippen LogP contribution is 2.17. The molecule has 0 aromatic rings. The van der Waals surface area contributed by atoms with E-state index in [1.807, 2.05) is 0 Å². The van der Waals surface area contributed by atoms with E-state index in [9.17, 15) is 4.79 Å². The zero-order valence-corrected chi connectivity index (χ0v) is 7.19. The number of rotatable bonds is 0. The van der Waals surface area contributed by atoms with Crippen LogP contribution in [0.25, 0.3) is 0 Å². The van der Waals surface area contributed by atoms with Crippen LogP contribution < -0.4 is 16.0 Å². The lowest BCUT2D eigenvalue weighted by Gasteiger charge is -2.35. The van der Waals surface area contributed by atoms with Crippen molar-refractivity contribution < 1.29 is 4.79 Å². The van der Waals surface area contributed by atoms with E-state index in [1.165, 1.54) is 0 Å². The fraction of sp³-hybridized carbons (Fsp3) is 0.857. The molecule has 0 radical (unpaired) electrons. The Morgan fingerprint density at radius 1 is 1.45 bits per heavy atom. The molecule has 1 aliphatic rings. The van der Waals surface area contributed by atoms with E-state index in [0.717, 1.165) is 0 Å². The molecule has 0 bridgehead atoms. The van der Waals surface area contributed by atoms with Crippen molar-refractivity contribution in [2.75, 3.05) is 6.67 Å². The van der Waals surface area contributed by atoms with E-state index in [0.29, 0.717) is 6.67 Å². The van der Waals surface area contributed by atoms with Gasteiger partial charge in [-0.05, 0) is 5.41 Å². The SMILES string of the molecule is CC(C)(C)C1NCNC(=O)N1. The molecule has 1 unspecified atom stereocenters. The van der Waals surface area contributed by atoms with Crippen LogP contribution in [0.2, 0.25) is 0 Å². The van der Waals surface area contributed by atoms with Crippen LogP contribution in [0.15, 0.2) is 0 Å². The summed E-state index contributed by atoms with van der Waals surface area (Å²) in [5, 5.41) is 8.56. The van der Waals surface area contributed by atoms with Gasteiger partial charge in [-0.15, -0.1) is 0 Å². The largest absolute Gasteiger partial charge is 0.326 e. The molecule has 1 rings (SSSR count). The van der Waals surface area contributed by atoms with E-state index in [1.54, 1.807) is 0 Å². The van der Waals surface area contributed by atoms with Gasteiger partial charge >= 0.3 is 6.03 Å². The number of urea groups is 1. The zero-order chi connectivity index (χ0) is 8.48. The average Bonchev–Trinajstić information content (AvgIpc) is 1.86. The van der Waals surface area contributed by atoms with Crippen molar-refractivity contribution in [3.8, 4) is 0 Å². The third-order valence-electron chi connectivity index (χ3n) is 1.70. The third kappa shape index (κ3) is 2.08. The molecule has 0 aromatic carbocycles. The Morgan fingerprint density at radius 3 is 2.45 bits per heavy atom. The molecule has 4 heteroatoms. The van der Waals surface area contributed by atoms with Gasteiger partial charge in [-0.2, -0.15) is 0 Å². The molecule has 3 N–H and O–H groups in total. The van der Waals surface area contributed by atoms with Crippen LogP contribution >= 0.6 is 0 Å². The Labute approximate surface area is 66.7 Å². The minimum absolute atomic E-state index is 0.0660. The van der Waals surface area contributed by atoms with Gasteiger partial charge in [0.15, 0.2) is 0 Å². The Morgan fingerprint density at radius 2 is 2.09 bits per heavy atom. The first-order chi connectivity index (χ1) is 5.00. The van der Waals surface area contributed by atoms with Crippen molar-refractivity contribution >= 4 is 6.03 Å². The molecule has 1 fully saturated rings. The van der Waals surface area contributed by atoms with Gasteiger partial charge in [0.05, 0.1) is 12.8 Å². The van der Waals surface area contributed by atoms with Crippen LogP contribution in [0.5, 0.6) is 0 Å². The summed E-state index contributed by atoms with van der Waals surface area (Å²) in [6, 6.07) is -0.0938. The third-order valence-corrected chi connectivity index (χ3v) is 1.70. The van der Waals surface area contributed by atoms with Gasteiger partial charge in [0.25, 0.3) is 0 Å². The van der Waals surface area contributed by atoms with Crippen LogP contribution in [-0.2, 0) is 0 Å². The first kappa shape index (κ1) is 8.33. The predicted molar refractivity (Wildman–Crippen MR) is 42.9 cm³/mol. The molecule has 1 heterocycles. The average molecular weight is 157 g/mol. The quantitative estimate of drug-likeness (QED) is 0.471. The molecule has 2 amide bonds. The maximum absolute atomic E-state index is 10.9. The number of carbonyl (C=O) groups excluding carboxylic acids is 1. The van der Waals surface area contributed by atoms with Crippen LogP contribution in [0, 0.1) is 5.41 Å². The van der Waals surface area contributed by atoms with Crippen LogP contribution in [0.1, 0.15) is 20.8 Å². The molecule has 0 spiro atoms. The normalized spacial score (nSPS) is 25.7. The van der Waals surface area contributed by atoms with E-state index in [-0.39, 0.29) is 17.6 Å². The highest BCUT2D eigenvalue weighted by Gasteiger charge is 2.27. The van der Waals surface area contributed by atoms with Gasteiger partial charge in [0.1, 0.15) is 0 Å². The Bertz CT molecular complexity index is 162. The highest BCUT2D eigenvalue weighted by atomic mass is 16.2. The highest BCUT2D eigenvalue weighted by molar-refractivity contribution is 5.74. The van der Waals surface area contributed by atoms with Crippen LogP contribution in [-0.4, -0.2) is 18.9 Å². The fourth-order valence-electron chi connectivity index (χ4n) is 0.989. The number of nitrogens with one attached hydrogen (secondary N) is 3. The van der Waals surface area contributed by atoms with E-state index >= 15 is 0 Å². The molecule has 0 aromatic heterocycles. The molecule has 1 aliphatic heterocycles. The maximum Gasteiger partial charge on any atom is 0.317 e. The van der Waals surface area contributed by atoms with Crippen LogP contribution in [0.4, 0.5) is 4.79 Å². The summed E-state index contributed by atoms with van der Waals surface area (Å²) in [5.41, 5.74) is 0.0672. The summed E-state index contributed by atoms with van der Waals surface area (Å²) in [6.45, 7) is 6.79. The van der Waals surface area contributed by atoms with Crippen LogP contribution in [0.3, 0.4) is 0 Å². The summed E-state index contributed by atoms with van der Waals surface area (Å²) in [7, 11) is 0. The number of hydrogen-bond acceptors (Lipinski definition) is 2. The minimum atomic E-state index is -0.0938. The van der Waals surface area contributed by atoms with Crippen molar-refractivity contribution in [3.05, 3.63) is 0 Å². The second kappa shape index (κ2) is 2.70. The molecule has 4 nitrogen and oxygen atoms in total. The maximum atomic E-state index is 10.9. The number of hydrogen-bond donors (Lipinski definition) is 3. The molecular weight excluding hydrogens is 142 g/mol. The molecule has 1 saturated heterocycles. The molecule has 64 valence electrons. The molecule has 0 saturated carbocycles. The van der Waals surface area contributed by atoms with Crippen molar-refractivity contribution in [2.45, 2.75) is 26.9 Å². The van der Waals surface area contributed by atoms with Gasteiger partial charge < -0.3 is 10.6 Å². The van der Waals surface area contributed by atoms with E-state index in [4.69, 9.17) is 0 Å². The fourth-order valence-corrected chi connectivity index (χ4v) is 0.989. The minimum Gasteiger partial charge on any atom is -0.326 e. The second-order valence-corrected chi connectivity index (χ2v) is 3.83. The van der Waals surface area contributed by atoms with E-state index < -0.39 is 0 Å². The van der Waals surface area contributed by atoms with Crippen molar-refractivity contribution in [1.29, 1.82) is 0 Å². The smallest absolute Gasteiger partial charge is 0.317 e. The van der Waals surface area contributed by atoms with Gasteiger partial charge in [-0.1, -0.05) is 20.8 Å². The number of carbonyl (C=O) groups is 1. The summed E-state index contributed by atoms with van der Waals surface area (Å²) in [5.74, 6) is 0. The first-order valence-corrected chi connectivity index (χ1v) is 3.78. The van der Waals surface area contributed by atoms with E-state index in [2.05, 4.69) is 36.7 Å². The first-order valence-electron chi connectivity index (χ1n) is 3.78. The van der Waals surface area contributed by atoms with Crippen molar-refractivity contribution in [3.63, 3.8) is 0 Å². The lowest BCUT2D eigenvalue weighted by molar-refractivity contribution is 0.181. The Hall–Kier alpha value is -0.770. The van der Waals surface area contributed by atoms with Gasteiger partial charge in [-0.3, -0.25) is 5.32 Å². The standard InChI is InChI=1S/C7H15N3O/c1-7(2,3)5-8-4-9-6(11)10-5/h5,8H,4H2,1-3H3,(H2,9,10,11). The summed E-state index contributed by atoms with van der Waals surface area (Å²) >= 11 is 0. The molecule has 0 aliphatic carbocycles. The van der Waals surface area contributed by atoms with Gasteiger partial charge in [-0.25, -0.2) is 4.79 Å². The van der Waals surface area contributed by atoms with Crippen molar-refractivity contribution in [1.82, 2.24) is 16.0 Å². The summed E-state index contributed by atoms with van der Waals surface area (Å²) in [4.78, 5) is 10.9. The summed E-state index contributed by atoms with van der Waals surface area (Å²) < 4.78 is 0. The lowest BCUT2D eigenvalue weighted by atomic mass is 9.92. The Balaban J connectivity index is 2.53. The Kier molecular flexibility index (Phi) is 2.04.